The second-order valence-electron chi connectivity index (χ2n) is 5.70. The lowest BCUT2D eigenvalue weighted by molar-refractivity contribution is 0.179. The Hall–Kier alpha value is -0.470. The first-order valence-corrected chi connectivity index (χ1v) is 9.59. The molecule has 0 spiro atoms. The fourth-order valence-corrected chi connectivity index (χ4v) is 5.20. The third kappa shape index (κ3) is 4.75. The summed E-state index contributed by atoms with van der Waals surface area (Å²) in [7, 11) is -3.48. The van der Waals surface area contributed by atoms with Gasteiger partial charge in [0.1, 0.15) is 4.90 Å². The molecule has 3 N–H and O–H groups in total. The van der Waals surface area contributed by atoms with E-state index in [-0.39, 0.29) is 6.54 Å². The third-order valence-electron chi connectivity index (χ3n) is 3.43. The zero-order valence-electron chi connectivity index (χ0n) is 13.5. The van der Waals surface area contributed by atoms with E-state index in [1.165, 1.54) is 11.3 Å². The van der Waals surface area contributed by atoms with Crippen molar-refractivity contribution in [3.8, 4) is 0 Å². The summed E-state index contributed by atoms with van der Waals surface area (Å²) in [4.78, 5) is 3.33. The first-order chi connectivity index (χ1) is 9.70. The lowest BCUT2D eigenvalue weighted by Gasteiger charge is -2.30. The van der Waals surface area contributed by atoms with E-state index in [0.29, 0.717) is 34.9 Å². The molecule has 0 unspecified atom stereocenters. The van der Waals surface area contributed by atoms with Gasteiger partial charge in [0.25, 0.3) is 0 Å². The number of aryl methyl sites for hydroxylation is 1. The minimum Gasteiger partial charge on any atom is -0.326 e. The van der Waals surface area contributed by atoms with Crippen LogP contribution < -0.4 is 10.5 Å². The van der Waals surface area contributed by atoms with Gasteiger partial charge in [0.2, 0.25) is 10.0 Å². The Kier molecular flexibility index (Phi) is 6.80. The molecule has 1 aromatic heterocycles. The van der Waals surface area contributed by atoms with Gasteiger partial charge in [-0.15, -0.1) is 11.3 Å². The van der Waals surface area contributed by atoms with Crippen LogP contribution in [0.3, 0.4) is 0 Å². The molecule has 5 nitrogen and oxygen atoms in total. The van der Waals surface area contributed by atoms with Gasteiger partial charge in [-0.1, -0.05) is 0 Å². The largest absolute Gasteiger partial charge is 0.326 e. The molecular formula is C14H27N3O2S2. The molecule has 0 saturated heterocycles. The number of nitrogens with zero attached hydrogens (tertiary/aromatic N) is 1. The van der Waals surface area contributed by atoms with Crippen LogP contribution >= 0.6 is 11.3 Å². The van der Waals surface area contributed by atoms with Gasteiger partial charge in [-0.25, -0.2) is 13.1 Å². The normalized spacial score (nSPS) is 12.8. The van der Waals surface area contributed by atoms with Gasteiger partial charge in [0.15, 0.2) is 0 Å². The first-order valence-electron chi connectivity index (χ1n) is 7.23. The maximum absolute atomic E-state index is 12.4. The van der Waals surface area contributed by atoms with E-state index >= 15 is 0 Å². The monoisotopic (exact) mass is 333 g/mol. The lowest BCUT2D eigenvalue weighted by atomic mass is 10.2. The van der Waals surface area contributed by atoms with Gasteiger partial charge in [0.05, 0.1) is 0 Å². The van der Waals surface area contributed by atoms with Crippen LogP contribution in [-0.2, 0) is 16.6 Å². The maximum atomic E-state index is 12.4. The van der Waals surface area contributed by atoms with E-state index < -0.39 is 10.0 Å². The molecule has 1 heterocycles. The molecule has 0 aromatic carbocycles. The molecule has 0 aliphatic rings. The van der Waals surface area contributed by atoms with Crippen molar-refractivity contribution in [2.24, 2.45) is 5.73 Å². The van der Waals surface area contributed by atoms with Crippen LogP contribution in [0.5, 0.6) is 0 Å². The van der Waals surface area contributed by atoms with Crippen molar-refractivity contribution in [3.05, 3.63) is 15.8 Å². The molecule has 0 saturated carbocycles. The van der Waals surface area contributed by atoms with Crippen molar-refractivity contribution in [2.45, 2.75) is 58.1 Å². The highest BCUT2D eigenvalue weighted by atomic mass is 32.2. The SMILES string of the molecule is Cc1csc(CN)c1S(=O)(=O)NCCN(C(C)C)C(C)C. The average Bonchev–Trinajstić information content (AvgIpc) is 2.75. The van der Waals surface area contributed by atoms with Gasteiger partial charge >= 0.3 is 0 Å². The highest BCUT2D eigenvalue weighted by Gasteiger charge is 2.22. The molecule has 1 aromatic rings. The quantitative estimate of drug-likeness (QED) is 0.762. The van der Waals surface area contributed by atoms with E-state index in [2.05, 4.69) is 37.3 Å². The molecule has 0 fully saturated rings. The number of hydrogen-bond donors (Lipinski definition) is 2. The first kappa shape index (κ1) is 18.6. The Labute approximate surface area is 132 Å². The molecule has 21 heavy (non-hydrogen) atoms. The van der Waals surface area contributed by atoms with Crippen LogP contribution in [0.1, 0.15) is 38.1 Å². The van der Waals surface area contributed by atoms with Crippen molar-refractivity contribution in [1.29, 1.82) is 0 Å². The Bertz CT molecular complexity index is 543. The second-order valence-corrected chi connectivity index (χ2v) is 8.37. The Morgan fingerprint density at radius 1 is 1.29 bits per heavy atom. The Balaban J connectivity index is 2.76. The Morgan fingerprint density at radius 2 is 1.86 bits per heavy atom. The average molecular weight is 334 g/mol. The van der Waals surface area contributed by atoms with Crippen LogP contribution in [0.25, 0.3) is 0 Å². The van der Waals surface area contributed by atoms with Crippen molar-refractivity contribution in [1.82, 2.24) is 9.62 Å². The van der Waals surface area contributed by atoms with E-state index in [1.54, 1.807) is 6.92 Å². The van der Waals surface area contributed by atoms with E-state index in [0.717, 1.165) is 5.56 Å². The summed E-state index contributed by atoms with van der Waals surface area (Å²) in [6, 6.07) is 0.772. The zero-order chi connectivity index (χ0) is 16.2. The minimum absolute atomic E-state index is 0.249. The number of nitrogens with two attached hydrogens (primary N) is 1. The molecule has 0 amide bonds. The van der Waals surface area contributed by atoms with Gasteiger partial charge in [-0.3, -0.25) is 4.90 Å². The molecule has 0 bridgehead atoms. The minimum atomic E-state index is -3.48. The predicted molar refractivity (Wildman–Crippen MR) is 89.1 cm³/mol. The molecule has 7 heteroatoms. The topological polar surface area (TPSA) is 75.4 Å². The van der Waals surface area contributed by atoms with Crippen LogP contribution in [0.4, 0.5) is 0 Å². The molecule has 0 aliphatic heterocycles. The lowest BCUT2D eigenvalue weighted by Crippen LogP contribution is -2.42. The highest BCUT2D eigenvalue weighted by molar-refractivity contribution is 7.89. The smallest absolute Gasteiger partial charge is 0.242 e. The maximum Gasteiger partial charge on any atom is 0.242 e. The van der Waals surface area contributed by atoms with Crippen molar-refractivity contribution >= 4 is 21.4 Å². The second kappa shape index (κ2) is 7.69. The summed E-state index contributed by atoms with van der Waals surface area (Å²) in [6.45, 7) is 11.6. The van der Waals surface area contributed by atoms with Gasteiger partial charge in [-0.2, -0.15) is 0 Å². The van der Waals surface area contributed by atoms with E-state index in [9.17, 15) is 8.42 Å². The zero-order valence-corrected chi connectivity index (χ0v) is 15.1. The summed E-state index contributed by atoms with van der Waals surface area (Å²) < 4.78 is 27.6. The molecular weight excluding hydrogens is 306 g/mol. The van der Waals surface area contributed by atoms with E-state index in [4.69, 9.17) is 5.73 Å². The summed E-state index contributed by atoms with van der Waals surface area (Å²) in [5, 5.41) is 1.84. The van der Waals surface area contributed by atoms with Crippen molar-refractivity contribution < 1.29 is 8.42 Å². The number of thiophene rings is 1. The third-order valence-corrected chi connectivity index (χ3v) is 6.38. The fraction of sp³-hybridized carbons (Fsp3) is 0.714. The van der Waals surface area contributed by atoms with Crippen LogP contribution in [0.15, 0.2) is 10.3 Å². The van der Waals surface area contributed by atoms with Gasteiger partial charge in [-0.05, 0) is 45.6 Å². The fourth-order valence-electron chi connectivity index (χ4n) is 2.48. The number of nitrogens with one attached hydrogen (secondary N) is 1. The van der Waals surface area contributed by atoms with E-state index in [1.807, 2.05) is 5.38 Å². The van der Waals surface area contributed by atoms with Gasteiger partial charge < -0.3 is 5.73 Å². The standard InChI is InChI=1S/C14H27N3O2S2/c1-10(2)17(11(3)4)7-6-16-21(18,19)14-12(5)9-20-13(14)8-15/h9-11,16H,6-8,15H2,1-5H3. The Morgan fingerprint density at radius 3 is 2.33 bits per heavy atom. The van der Waals surface area contributed by atoms with Gasteiger partial charge in [0, 0.05) is 36.6 Å². The highest BCUT2D eigenvalue weighted by Crippen LogP contribution is 2.26. The van der Waals surface area contributed by atoms with Crippen molar-refractivity contribution in [2.75, 3.05) is 13.1 Å². The number of hydrogen-bond acceptors (Lipinski definition) is 5. The molecule has 1 rings (SSSR count). The predicted octanol–water partition coefficient (Wildman–Crippen LogP) is 1.91. The molecule has 122 valence electrons. The summed E-state index contributed by atoms with van der Waals surface area (Å²) in [5.74, 6) is 0. The summed E-state index contributed by atoms with van der Waals surface area (Å²) in [6.07, 6.45) is 0. The van der Waals surface area contributed by atoms with Crippen molar-refractivity contribution in [3.63, 3.8) is 0 Å². The van der Waals surface area contributed by atoms with Crippen LogP contribution in [0.2, 0.25) is 0 Å². The molecule has 0 aliphatic carbocycles. The number of rotatable bonds is 8. The molecule has 0 radical (unpaired) electrons. The summed E-state index contributed by atoms with van der Waals surface area (Å²) >= 11 is 1.40. The van der Waals surface area contributed by atoms with Crippen LogP contribution in [-0.4, -0.2) is 38.5 Å². The molecule has 0 atom stereocenters. The van der Waals surface area contributed by atoms with Crippen LogP contribution in [0, 0.1) is 6.92 Å². The number of sulfonamides is 1. The summed E-state index contributed by atoms with van der Waals surface area (Å²) in [5.41, 5.74) is 6.39.